The van der Waals surface area contributed by atoms with E-state index < -0.39 is 11.8 Å². The van der Waals surface area contributed by atoms with E-state index in [1.807, 2.05) is 54.6 Å². The summed E-state index contributed by atoms with van der Waals surface area (Å²) in [6.45, 7) is 1.50. The molecule has 3 aromatic carbocycles. The van der Waals surface area contributed by atoms with Crippen molar-refractivity contribution in [2.75, 3.05) is 14.2 Å². The van der Waals surface area contributed by atoms with Gasteiger partial charge in [-0.2, -0.15) is 0 Å². The maximum Gasteiger partial charge on any atom is 0.228 e. The highest BCUT2D eigenvalue weighted by Gasteiger charge is 2.19. The van der Waals surface area contributed by atoms with Gasteiger partial charge in [-0.15, -0.1) is 0 Å². The summed E-state index contributed by atoms with van der Waals surface area (Å²) in [5.74, 6) is -0.867. The lowest BCUT2D eigenvalue weighted by Crippen LogP contribution is -2.26. The predicted molar refractivity (Wildman–Crippen MR) is 127 cm³/mol. The molecule has 0 aliphatic heterocycles. The van der Waals surface area contributed by atoms with Gasteiger partial charge in [0.2, 0.25) is 5.91 Å². The number of carbonyl (C=O) groups excluding carboxylic acids is 2. The first-order valence-electron chi connectivity index (χ1n) is 9.97. The molecule has 1 atom stereocenters. The first-order chi connectivity index (χ1) is 15.3. The molecule has 164 valence electrons. The molecule has 0 aliphatic carbocycles. The third-order valence-corrected chi connectivity index (χ3v) is 5.46. The normalized spacial score (nSPS) is 12.2. The van der Waals surface area contributed by atoms with E-state index in [1.54, 1.807) is 26.4 Å². The molecule has 0 saturated heterocycles. The summed E-state index contributed by atoms with van der Waals surface area (Å²) in [5, 5.41) is 0.672. The lowest BCUT2D eigenvalue weighted by molar-refractivity contribution is -0.128. The van der Waals surface area contributed by atoms with Gasteiger partial charge in [-0.3, -0.25) is 9.59 Å². The van der Waals surface area contributed by atoms with E-state index in [0.29, 0.717) is 22.1 Å². The summed E-state index contributed by atoms with van der Waals surface area (Å²) in [4.78, 5) is 24.2. The standard InChI is InChI=1S/C26H24ClNO4/c1-16(26(28)30)23(29)15-22(20-10-13-24(31-2)25(14-20)32-3)19-6-4-17(5-7-19)18-8-11-21(27)12-9-18/h4-16H,1-3H3,(H2,28,30). The van der Waals surface area contributed by atoms with Crippen LogP contribution in [-0.2, 0) is 9.59 Å². The minimum atomic E-state index is -0.932. The van der Waals surface area contributed by atoms with Crippen LogP contribution in [0.1, 0.15) is 18.1 Å². The molecule has 0 aliphatic rings. The fourth-order valence-corrected chi connectivity index (χ4v) is 3.36. The number of amides is 1. The number of primary amides is 1. The Hall–Kier alpha value is -3.57. The number of halogens is 1. The Kier molecular flexibility index (Phi) is 7.33. The average Bonchev–Trinajstić information content (AvgIpc) is 2.82. The van der Waals surface area contributed by atoms with Gasteiger partial charge in [0.1, 0.15) is 0 Å². The SMILES string of the molecule is COc1ccc(C(=CC(=O)C(C)C(N)=O)c2ccc(-c3ccc(Cl)cc3)cc2)cc1OC. The van der Waals surface area contributed by atoms with Gasteiger partial charge >= 0.3 is 0 Å². The zero-order valence-electron chi connectivity index (χ0n) is 18.1. The minimum Gasteiger partial charge on any atom is -0.493 e. The fourth-order valence-electron chi connectivity index (χ4n) is 3.23. The van der Waals surface area contributed by atoms with Crippen molar-refractivity contribution < 1.29 is 19.1 Å². The third kappa shape index (κ3) is 5.18. The monoisotopic (exact) mass is 449 g/mol. The van der Waals surface area contributed by atoms with E-state index >= 15 is 0 Å². The van der Waals surface area contributed by atoms with E-state index in [4.69, 9.17) is 26.8 Å². The van der Waals surface area contributed by atoms with Crippen molar-refractivity contribution in [3.63, 3.8) is 0 Å². The zero-order chi connectivity index (χ0) is 23.3. The summed E-state index contributed by atoms with van der Waals surface area (Å²) in [5.41, 5.74) is 9.56. The molecule has 0 spiro atoms. The Balaban J connectivity index is 2.07. The highest BCUT2D eigenvalue weighted by molar-refractivity contribution is 6.30. The summed E-state index contributed by atoms with van der Waals surface area (Å²) in [7, 11) is 3.11. The number of ether oxygens (including phenoxy) is 2. The van der Waals surface area contributed by atoms with Gasteiger partial charge in [0.25, 0.3) is 0 Å². The number of hydrogen-bond acceptors (Lipinski definition) is 4. The fraction of sp³-hybridized carbons (Fsp3) is 0.154. The van der Waals surface area contributed by atoms with Crippen LogP contribution in [-0.4, -0.2) is 25.9 Å². The van der Waals surface area contributed by atoms with Gasteiger partial charge in [-0.05, 0) is 65.1 Å². The van der Waals surface area contributed by atoms with Crippen molar-refractivity contribution in [2.24, 2.45) is 11.7 Å². The number of ketones is 1. The quantitative estimate of drug-likeness (QED) is 0.381. The second kappa shape index (κ2) is 10.2. The Morgan fingerprint density at radius 1 is 0.844 bits per heavy atom. The molecule has 0 bridgehead atoms. The molecule has 0 heterocycles. The molecule has 0 fully saturated rings. The maximum absolute atomic E-state index is 12.7. The summed E-state index contributed by atoms with van der Waals surface area (Å²) in [6.07, 6.45) is 1.45. The summed E-state index contributed by atoms with van der Waals surface area (Å²) in [6, 6.07) is 20.7. The topological polar surface area (TPSA) is 78.6 Å². The molecule has 1 amide bonds. The first-order valence-corrected chi connectivity index (χ1v) is 10.4. The molecule has 6 heteroatoms. The summed E-state index contributed by atoms with van der Waals surface area (Å²) >= 11 is 5.98. The molecular formula is C26H24ClNO4. The molecule has 0 aromatic heterocycles. The van der Waals surface area contributed by atoms with Crippen molar-refractivity contribution in [3.05, 3.63) is 89.0 Å². The second-order valence-electron chi connectivity index (χ2n) is 7.24. The van der Waals surface area contributed by atoms with Crippen molar-refractivity contribution in [1.82, 2.24) is 0 Å². The van der Waals surface area contributed by atoms with Crippen LogP contribution in [0.15, 0.2) is 72.8 Å². The largest absolute Gasteiger partial charge is 0.493 e. The predicted octanol–water partition coefficient (Wildman–Crippen LogP) is 5.15. The minimum absolute atomic E-state index is 0.371. The van der Waals surface area contributed by atoms with Crippen LogP contribution in [0, 0.1) is 5.92 Å². The lowest BCUT2D eigenvalue weighted by atomic mass is 9.92. The number of carbonyl (C=O) groups is 2. The first kappa shape index (κ1) is 23.1. The Morgan fingerprint density at radius 3 is 1.91 bits per heavy atom. The molecule has 0 saturated carbocycles. The third-order valence-electron chi connectivity index (χ3n) is 5.21. The molecule has 0 radical (unpaired) electrons. The van der Waals surface area contributed by atoms with Gasteiger partial charge in [-0.25, -0.2) is 0 Å². The zero-order valence-corrected chi connectivity index (χ0v) is 18.8. The van der Waals surface area contributed by atoms with Crippen molar-refractivity contribution >= 4 is 28.9 Å². The highest BCUT2D eigenvalue weighted by Crippen LogP contribution is 2.34. The van der Waals surface area contributed by atoms with Gasteiger partial charge < -0.3 is 15.2 Å². The Morgan fingerprint density at radius 2 is 1.38 bits per heavy atom. The Bertz CT molecular complexity index is 1150. The molecule has 1 unspecified atom stereocenters. The lowest BCUT2D eigenvalue weighted by Gasteiger charge is -2.14. The number of allylic oxidation sites excluding steroid dienone is 1. The number of benzene rings is 3. The second-order valence-corrected chi connectivity index (χ2v) is 7.67. The van der Waals surface area contributed by atoms with Crippen LogP contribution in [0.2, 0.25) is 5.02 Å². The van der Waals surface area contributed by atoms with Crippen LogP contribution in [0.25, 0.3) is 16.7 Å². The average molecular weight is 450 g/mol. The van der Waals surface area contributed by atoms with Gasteiger partial charge in [0, 0.05) is 5.02 Å². The van der Waals surface area contributed by atoms with Crippen molar-refractivity contribution in [2.45, 2.75) is 6.92 Å². The molecular weight excluding hydrogens is 426 g/mol. The van der Waals surface area contributed by atoms with Crippen molar-refractivity contribution in [1.29, 1.82) is 0 Å². The van der Waals surface area contributed by atoms with Crippen LogP contribution >= 0.6 is 11.6 Å². The highest BCUT2D eigenvalue weighted by atomic mass is 35.5. The molecule has 32 heavy (non-hydrogen) atoms. The van der Waals surface area contributed by atoms with Crippen LogP contribution in [0.3, 0.4) is 0 Å². The van der Waals surface area contributed by atoms with Gasteiger partial charge in [0.15, 0.2) is 17.3 Å². The van der Waals surface area contributed by atoms with Crippen molar-refractivity contribution in [3.8, 4) is 22.6 Å². The van der Waals surface area contributed by atoms with E-state index in [1.165, 1.54) is 13.0 Å². The number of nitrogens with two attached hydrogens (primary N) is 1. The van der Waals surface area contributed by atoms with E-state index in [-0.39, 0.29) is 5.78 Å². The summed E-state index contributed by atoms with van der Waals surface area (Å²) < 4.78 is 10.7. The van der Waals surface area contributed by atoms with Crippen LogP contribution in [0.5, 0.6) is 11.5 Å². The number of methoxy groups -OCH3 is 2. The molecule has 5 nitrogen and oxygen atoms in total. The number of rotatable bonds is 8. The Labute approximate surface area is 192 Å². The molecule has 3 rings (SSSR count). The van der Waals surface area contributed by atoms with E-state index in [2.05, 4.69) is 0 Å². The van der Waals surface area contributed by atoms with Crippen LogP contribution in [0.4, 0.5) is 0 Å². The van der Waals surface area contributed by atoms with Gasteiger partial charge in [-0.1, -0.05) is 54.1 Å². The van der Waals surface area contributed by atoms with Crippen LogP contribution < -0.4 is 15.2 Å². The molecule has 3 aromatic rings. The van der Waals surface area contributed by atoms with E-state index in [9.17, 15) is 9.59 Å². The smallest absolute Gasteiger partial charge is 0.228 e. The van der Waals surface area contributed by atoms with Gasteiger partial charge in [0.05, 0.1) is 20.1 Å². The molecule has 2 N–H and O–H groups in total. The maximum atomic E-state index is 12.7. The number of hydrogen-bond donors (Lipinski definition) is 1. The van der Waals surface area contributed by atoms with E-state index in [0.717, 1.165) is 22.3 Å².